The molecule has 0 aliphatic rings. The van der Waals surface area contributed by atoms with Crippen molar-refractivity contribution < 1.29 is 9.90 Å². The summed E-state index contributed by atoms with van der Waals surface area (Å²) in [6.07, 6.45) is 0. The molecule has 6 aromatic rings. The molecule has 0 spiro atoms. The number of rotatable bonds is 4. The van der Waals surface area contributed by atoms with E-state index >= 15 is 0 Å². The number of hydrogen-bond donors (Lipinski definition) is 2. The Kier molecular flexibility index (Phi) is 4.78. The smallest absolute Gasteiger partial charge is 0.204 e. The number of fused-ring (bicyclic) bond motifs is 2. The zero-order valence-corrected chi connectivity index (χ0v) is 19.3. The molecule has 2 aromatic heterocycles. The second kappa shape index (κ2) is 7.97. The summed E-state index contributed by atoms with van der Waals surface area (Å²) in [6, 6.07) is 28.1. The highest BCUT2D eigenvalue weighted by atomic mass is 79.9. The van der Waals surface area contributed by atoms with Gasteiger partial charge in [-0.3, -0.25) is 9.20 Å². The first kappa shape index (κ1) is 20.4. The molecule has 0 saturated carbocycles. The minimum Gasteiger partial charge on any atom is -0.504 e. The van der Waals surface area contributed by atoms with Crippen molar-refractivity contribution in [2.24, 2.45) is 10.2 Å². The van der Waals surface area contributed by atoms with Crippen LogP contribution >= 0.6 is 15.9 Å². The number of hydrogen-bond acceptors (Lipinski definition) is 4. The van der Waals surface area contributed by atoms with Gasteiger partial charge in [0.15, 0.2) is 5.75 Å². The molecule has 0 aliphatic carbocycles. The molecule has 0 unspecified atom stereocenters. The summed E-state index contributed by atoms with van der Waals surface area (Å²) in [6.45, 7) is 0. The quantitative estimate of drug-likeness (QED) is 0.189. The summed E-state index contributed by atoms with van der Waals surface area (Å²) in [4.78, 5) is 16.9. The van der Waals surface area contributed by atoms with E-state index in [1.165, 1.54) is 0 Å². The fourth-order valence-electron chi connectivity index (χ4n) is 4.29. The first-order valence-corrected chi connectivity index (χ1v) is 11.4. The number of ketones is 1. The van der Waals surface area contributed by atoms with E-state index in [0.717, 1.165) is 26.3 Å². The number of aromatic amines is 1. The molecule has 34 heavy (non-hydrogen) atoms. The maximum atomic E-state index is 13.5. The van der Waals surface area contributed by atoms with Gasteiger partial charge in [0.2, 0.25) is 11.6 Å². The monoisotopic (exact) mass is 508 g/mol. The van der Waals surface area contributed by atoms with Crippen LogP contribution in [-0.4, -0.2) is 20.3 Å². The van der Waals surface area contributed by atoms with Gasteiger partial charge >= 0.3 is 0 Å². The van der Waals surface area contributed by atoms with Crippen LogP contribution in [0.5, 0.6) is 5.75 Å². The number of nitrogens with one attached hydrogen (secondary N) is 1. The molecular weight excluding hydrogens is 492 g/mol. The minimum absolute atomic E-state index is 0.155. The number of aromatic hydroxyl groups is 1. The topological polar surface area (TPSA) is 82.2 Å². The number of halogens is 1. The number of benzene rings is 4. The number of azo groups is 1. The van der Waals surface area contributed by atoms with Crippen molar-refractivity contribution in [2.45, 2.75) is 0 Å². The summed E-state index contributed by atoms with van der Waals surface area (Å²) in [5.41, 5.74) is 3.38. The van der Waals surface area contributed by atoms with Crippen molar-refractivity contribution in [3.8, 4) is 5.75 Å². The third-order valence-corrected chi connectivity index (χ3v) is 6.38. The highest BCUT2D eigenvalue weighted by Crippen LogP contribution is 2.41. The van der Waals surface area contributed by atoms with Gasteiger partial charge in [-0.15, -0.1) is 10.2 Å². The first-order valence-electron chi connectivity index (χ1n) is 10.7. The Morgan fingerprint density at radius 2 is 1.59 bits per heavy atom. The predicted molar refractivity (Wildman–Crippen MR) is 137 cm³/mol. The van der Waals surface area contributed by atoms with Crippen molar-refractivity contribution in [2.75, 3.05) is 0 Å². The zero-order valence-electron chi connectivity index (χ0n) is 17.7. The van der Waals surface area contributed by atoms with Crippen LogP contribution in [0.4, 0.5) is 11.5 Å². The van der Waals surface area contributed by atoms with Crippen molar-refractivity contribution in [3.05, 3.63) is 107 Å². The Morgan fingerprint density at radius 3 is 2.35 bits per heavy atom. The molecule has 0 amide bonds. The molecule has 7 heteroatoms. The minimum atomic E-state index is -0.300. The lowest BCUT2D eigenvalue weighted by Gasteiger charge is -2.10. The summed E-state index contributed by atoms with van der Waals surface area (Å²) in [5, 5.41) is 22.1. The van der Waals surface area contributed by atoms with Gasteiger partial charge in [-0.05, 0) is 41.8 Å². The number of nitrogens with zero attached hydrogens (tertiary/aromatic N) is 3. The van der Waals surface area contributed by atoms with Gasteiger partial charge in [0.05, 0.1) is 11.2 Å². The summed E-state index contributed by atoms with van der Waals surface area (Å²) in [7, 11) is 0. The Hall–Kier alpha value is -4.23. The van der Waals surface area contributed by atoms with Gasteiger partial charge < -0.3 is 10.1 Å². The third-order valence-electron chi connectivity index (χ3n) is 5.85. The van der Waals surface area contributed by atoms with E-state index in [-0.39, 0.29) is 22.9 Å². The number of carbonyl (C=O) groups excluding carboxylic acids is 1. The van der Waals surface area contributed by atoms with E-state index in [2.05, 4.69) is 31.1 Å². The van der Waals surface area contributed by atoms with Crippen molar-refractivity contribution in [3.63, 3.8) is 0 Å². The molecule has 2 heterocycles. The van der Waals surface area contributed by atoms with Crippen molar-refractivity contribution in [1.82, 2.24) is 9.38 Å². The normalized spacial score (nSPS) is 11.8. The third kappa shape index (κ3) is 3.21. The van der Waals surface area contributed by atoms with E-state index in [9.17, 15) is 9.90 Å². The van der Waals surface area contributed by atoms with Gasteiger partial charge in [0.25, 0.3) is 0 Å². The van der Waals surface area contributed by atoms with E-state index in [1.807, 2.05) is 66.7 Å². The van der Waals surface area contributed by atoms with Crippen molar-refractivity contribution in [1.29, 1.82) is 0 Å². The molecule has 0 bridgehead atoms. The van der Waals surface area contributed by atoms with Crippen LogP contribution in [0, 0.1) is 0 Å². The van der Waals surface area contributed by atoms with E-state index in [4.69, 9.17) is 0 Å². The Bertz CT molecular complexity index is 1730. The first-order chi connectivity index (χ1) is 16.6. The number of carbonyl (C=O) groups is 1. The van der Waals surface area contributed by atoms with Gasteiger partial charge in [-0.1, -0.05) is 70.5 Å². The molecule has 0 saturated heterocycles. The maximum absolute atomic E-state index is 13.5. The van der Waals surface area contributed by atoms with Crippen LogP contribution in [0.3, 0.4) is 0 Å². The number of aromatic nitrogens is 2. The highest BCUT2D eigenvalue weighted by molar-refractivity contribution is 9.10. The summed E-state index contributed by atoms with van der Waals surface area (Å²) < 4.78 is 2.70. The zero-order chi connectivity index (χ0) is 23.2. The Labute approximate surface area is 202 Å². The molecule has 0 fully saturated rings. The largest absolute Gasteiger partial charge is 0.504 e. The molecule has 4 aromatic carbocycles. The SMILES string of the molecule is O=C(c1ccccc1)c1c(O)c(N=Nc2ccc(Br)cc2)n2c1[nH]c1cccc3cccc2c31. The summed E-state index contributed by atoms with van der Waals surface area (Å²) >= 11 is 3.41. The molecule has 0 atom stereocenters. The molecular formula is C27H17BrN4O2. The van der Waals surface area contributed by atoms with Gasteiger partial charge in [-0.2, -0.15) is 0 Å². The van der Waals surface area contributed by atoms with Crippen LogP contribution in [0.2, 0.25) is 0 Å². The van der Waals surface area contributed by atoms with Gasteiger partial charge in [0.1, 0.15) is 11.2 Å². The van der Waals surface area contributed by atoms with Crippen LogP contribution in [0.1, 0.15) is 15.9 Å². The van der Waals surface area contributed by atoms with Crippen LogP contribution in [0.15, 0.2) is 106 Å². The summed E-state index contributed by atoms with van der Waals surface area (Å²) in [5.74, 6) is -0.334. The van der Waals surface area contributed by atoms with Crippen LogP contribution < -0.4 is 0 Å². The standard InChI is InChI=1S/C27H17BrN4O2/c28-18-12-14-19(15-13-18)30-31-27-25(34)23(24(33)17-6-2-1-3-7-17)26-29-20-10-4-8-16-9-5-11-21(22(16)20)32(26)27/h1-15,29,34H. The molecule has 0 radical (unpaired) electrons. The maximum Gasteiger partial charge on any atom is 0.204 e. The molecule has 6 nitrogen and oxygen atoms in total. The van der Waals surface area contributed by atoms with E-state index in [1.54, 1.807) is 28.7 Å². The molecule has 0 aliphatic heterocycles. The van der Waals surface area contributed by atoms with E-state index < -0.39 is 0 Å². The lowest BCUT2D eigenvalue weighted by molar-refractivity contribution is 0.103. The molecule has 6 rings (SSSR count). The molecule has 164 valence electrons. The van der Waals surface area contributed by atoms with E-state index in [0.29, 0.717) is 16.9 Å². The fraction of sp³-hybridized carbons (Fsp3) is 0. The lowest BCUT2D eigenvalue weighted by Crippen LogP contribution is -2.02. The average molecular weight is 509 g/mol. The highest BCUT2D eigenvalue weighted by Gasteiger charge is 2.27. The number of H-pyrrole nitrogens is 1. The van der Waals surface area contributed by atoms with Gasteiger partial charge in [0, 0.05) is 20.9 Å². The van der Waals surface area contributed by atoms with Crippen LogP contribution in [-0.2, 0) is 0 Å². The van der Waals surface area contributed by atoms with Crippen molar-refractivity contribution >= 4 is 60.7 Å². The Balaban J connectivity index is 1.69. The van der Waals surface area contributed by atoms with Gasteiger partial charge in [-0.25, -0.2) is 0 Å². The Morgan fingerprint density at radius 1 is 0.853 bits per heavy atom. The van der Waals surface area contributed by atoms with Crippen LogP contribution in [0.25, 0.3) is 27.5 Å². The lowest BCUT2D eigenvalue weighted by atomic mass is 10.0. The second-order valence-corrected chi connectivity index (χ2v) is 8.82. The average Bonchev–Trinajstić information content (AvgIpc) is 3.15. The second-order valence-electron chi connectivity index (χ2n) is 7.91. The molecule has 2 N–H and O–H groups in total. The fourth-order valence-corrected chi connectivity index (χ4v) is 4.56. The predicted octanol–water partition coefficient (Wildman–Crippen LogP) is 7.69.